The van der Waals surface area contributed by atoms with Crippen LogP contribution in [0, 0.1) is 32.1 Å². The van der Waals surface area contributed by atoms with Crippen LogP contribution in [0.25, 0.3) is 0 Å². The summed E-state index contributed by atoms with van der Waals surface area (Å²) in [6.45, 7) is 3.43. The number of ketones is 1. The van der Waals surface area contributed by atoms with Gasteiger partial charge in [-0.15, -0.1) is 6.42 Å². The number of rotatable bonds is 5. The fourth-order valence-corrected chi connectivity index (χ4v) is 3.55. The molecule has 0 aliphatic carbocycles. The van der Waals surface area contributed by atoms with E-state index in [2.05, 4.69) is 37.5 Å². The standard InChI is InChI=1S/C20H18BrFN4O4/c1-5-20(8-30-9-20)25-19(29)16(27)13-10(2)15(26(4)11(13)3)18(28)24-12-6-7-23-17(22)14(12)21/h1,6-7H,8-9H2,2-4H3,(H,25,29)(H,23,24,28). The Morgan fingerprint density at radius 3 is 2.60 bits per heavy atom. The van der Waals surface area contributed by atoms with Crippen molar-refractivity contribution in [2.24, 2.45) is 7.05 Å². The van der Waals surface area contributed by atoms with Crippen molar-refractivity contribution in [3.05, 3.63) is 45.2 Å². The number of aromatic nitrogens is 2. The molecule has 0 bridgehead atoms. The number of amides is 2. The molecule has 1 saturated heterocycles. The normalized spacial score (nSPS) is 14.4. The number of hydrogen-bond donors (Lipinski definition) is 2. The molecule has 0 radical (unpaired) electrons. The zero-order valence-corrected chi connectivity index (χ0v) is 18.0. The molecule has 8 nitrogen and oxygen atoms in total. The molecular formula is C20H18BrFN4O4. The number of hydrogen-bond acceptors (Lipinski definition) is 5. The van der Waals surface area contributed by atoms with E-state index in [1.165, 1.54) is 16.8 Å². The highest BCUT2D eigenvalue weighted by Gasteiger charge is 2.40. The Bertz CT molecular complexity index is 1110. The van der Waals surface area contributed by atoms with Crippen LogP contribution >= 0.6 is 15.9 Å². The van der Waals surface area contributed by atoms with E-state index in [-0.39, 0.29) is 34.6 Å². The molecule has 3 rings (SSSR count). The Labute approximate surface area is 180 Å². The minimum absolute atomic E-state index is 0.0000817. The third-order valence-electron chi connectivity index (χ3n) is 5.00. The van der Waals surface area contributed by atoms with Gasteiger partial charge in [0.15, 0.2) is 0 Å². The molecule has 10 heteroatoms. The maximum atomic E-state index is 13.6. The van der Waals surface area contributed by atoms with Gasteiger partial charge in [0.1, 0.15) is 11.2 Å². The molecule has 1 aliphatic rings. The van der Waals surface area contributed by atoms with E-state index in [0.717, 1.165) is 0 Å². The fourth-order valence-electron chi connectivity index (χ4n) is 3.22. The second-order valence-electron chi connectivity index (χ2n) is 6.91. The number of terminal acetylenes is 1. The van der Waals surface area contributed by atoms with E-state index in [1.54, 1.807) is 20.9 Å². The van der Waals surface area contributed by atoms with Crippen LogP contribution in [0.1, 0.15) is 32.1 Å². The molecule has 1 fully saturated rings. The summed E-state index contributed by atoms with van der Waals surface area (Å²) in [6.07, 6.45) is 6.64. The predicted octanol–water partition coefficient (Wildman–Crippen LogP) is 1.89. The minimum atomic E-state index is -0.999. The Morgan fingerprint density at radius 1 is 1.37 bits per heavy atom. The first-order chi connectivity index (χ1) is 14.1. The lowest BCUT2D eigenvalue weighted by Gasteiger charge is -2.37. The topological polar surface area (TPSA) is 102 Å². The molecule has 2 aromatic rings. The van der Waals surface area contributed by atoms with Gasteiger partial charge in [0.05, 0.1) is 28.9 Å². The molecule has 2 aromatic heterocycles. The highest BCUT2D eigenvalue weighted by atomic mass is 79.9. The summed E-state index contributed by atoms with van der Waals surface area (Å²) >= 11 is 3.03. The molecule has 2 N–H and O–H groups in total. The van der Waals surface area contributed by atoms with Gasteiger partial charge in [0.25, 0.3) is 17.6 Å². The number of ether oxygens (including phenoxy) is 1. The molecule has 3 heterocycles. The number of pyridine rings is 1. The predicted molar refractivity (Wildman–Crippen MR) is 110 cm³/mol. The van der Waals surface area contributed by atoms with E-state index >= 15 is 0 Å². The largest absolute Gasteiger partial charge is 0.374 e. The van der Waals surface area contributed by atoms with Gasteiger partial charge in [0, 0.05) is 18.9 Å². The smallest absolute Gasteiger partial charge is 0.293 e. The minimum Gasteiger partial charge on any atom is -0.374 e. The first-order valence-corrected chi connectivity index (χ1v) is 9.60. The molecule has 0 saturated carbocycles. The van der Waals surface area contributed by atoms with Gasteiger partial charge in [-0.2, -0.15) is 4.39 Å². The number of nitrogens with one attached hydrogen (secondary N) is 2. The van der Waals surface area contributed by atoms with Crippen molar-refractivity contribution in [2.75, 3.05) is 18.5 Å². The maximum absolute atomic E-state index is 13.6. The molecule has 156 valence electrons. The highest BCUT2D eigenvalue weighted by Crippen LogP contribution is 2.27. The van der Waals surface area contributed by atoms with Gasteiger partial charge in [-0.25, -0.2) is 4.98 Å². The molecule has 0 unspecified atom stereocenters. The van der Waals surface area contributed by atoms with Gasteiger partial charge in [-0.05, 0) is 41.4 Å². The lowest BCUT2D eigenvalue weighted by Crippen LogP contribution is -2.62. The monoisotopic (exact) mass is 476 g/mol. The van der Waals surface area contributed by atoms with Crippen LogP contribution in [0.15, 0.2) is 16.7 Å². The third kappa shape index (κ3) is 3.62. The zero-order valence-electron chi connectivity index (χ0n) is 16.4. The molecule has 30 heavy (non-hydrogen) atoms. The summed E-state index contributed by atoms with van der Waals surface area (Å²) < 4.78 is 20.2. The van der Waals surface area contributed by atoms with E-state index in [9.17, 15) is 18.8 Å². The van der Waals surface area contributed by atoms with E-state index in [0.29, 0.717) is 11.3 Å². The molecular weight excluding hydrogens is 459 g/mol. The molecule has 0 atom stereocenters. The zero-order chi connectivity index (χ0) is 22.2. The molecule has 0 aromatic carbocycles. The van der Waals surface area contributed by atoms with Crippen molar-refractivity contribution >= 4 is 39.2 Å². The quantitative estimate of drug-likeness (QED) is 0.297. The number of halogens is 2. The lowest BCUT2D eigenvalue weighted by molar-refractivity contribution is -0.124. The van der Waals surface area contributed by atoms with Crippen molar-refractivity contribution in [1.82, 2.24) is 14.9 Å². The van der Waals surface area contributed by atoms with Crippen molar-refractivity contribution in [3.63, 3.8) is 0 Å². The summed E-state index contributed by atoms with van der Waals surface area (Å²) in [5.74, 6) is -0.598. The van der Waals surface area contributed by atoms with Gasteiger partial charge < -0.3 is 19.9 Å². The summed E-state index contributed by atoms with van der Waals surface area (Å²) in [7, 11) is 1.59. The summed E-state index contributed by atoms with van der Waals surface area (Å²) in [5, 5.41) is 5.11. The van der Waals surface area contributed by atoms with E-state index < -0.39 is 29.1 Å². The second kappa shape index (κ2) is 8.01. The van der Waals surface area contributed by atoms with Crippen molar-refractivity contribution in [2.45, 2.75) is 19.4 Å². The SMILES string of the molecule is C#CC1(NC(=O)C(=O)c2c(C)c(C(=O)Nc3ccnc(F)c3Br)n(C)c2C)COC1. The maximum Gasteiger partial charge on any atom is 0.293 e. The molecule has 2 amide bonds. The van der Waals surface area contributed by atoms with Crippen LogP contribution in [-0.2, 0) is 16.6 Å². The van der Waals surface area contributed by atoms with Crippen molar-refractivity contribution in [3.8, 4) is 12.3 Å². The second-order valence-corrected chi connectivity index (χ2v) is 7.71. The van der Waals surface area contributed by atoms with Crippen LogP contribution in [0.5, 0.6) is 0 Å². The first-order valence-electron chi connectivity index (χ1n) is 8.81. The average Bonchev–Trinajstić information content (AvgIpc) is 2.90. The highest BCUT2D eigenvalue weighted by molar-refractivity contribution is 9.10. The first kappa shape index (κ1) is 21.7. The van der Waals surface area contributed by atoms with Gasteiger partial charge in [-0.1, -0.05) is 5.92 Å². The third-order valence-corrected chi connectivity index (χ3v) is 5.75. The van der Waals surface area contributed by atoms with E-state index in [1.807, 2.05) is 0 Å². The Morgan fingerprint density at radius 2 is 2.03 bits per heavy atom. The van der Waals surface area contributed by atoms with Crippen molar-refractivity contribution in [1.29, 1.82) is 0 Å². The number of carbonyl (C=O) groups is 3. The Kier molecular flexibility index (Phi) is 5.78. The fraction of sp³-hybridized carbons (Fsp3) is 0.300. The van der Waals surface area contributed by atoms with Gasteiger partial charge >= 0.3 is 0 Å². The van der Waals surface area contributed by atoms with Crippen LogP contribution in [0.4, 0.5) is 10.1 Å². The van der Waals surface area contributed by atoms with Crippen molar-refractivity contribution < 1.29 is 23.5 Å². The Balaban J connectivity index is 1.90. The molecule has 1 aliphatic heterocycles. The van der Waals surface area contributed by atoms with E-state index in [4.69, 9.17) is 11.2 Å². The Hall–Kier alpha value is -3.03. The van der Waals surface area contributed by atoms with Crippen LogP contribution in [0.3, 0.4) is 0 Å². The summed E-state index contributed by atoms with van der Waals surface area (Å²) in [5.41, 5.74) is 0.188. The number of nitrogens with zero attached hydrogens (tertiary/aromatic N) is 2. The molecule has 0 spiro atoms. The van der Waals surface area contributed by atoms with Gasteiger partial charge in [0.2, 0.25) is 5.95 Å². The number of Topliss-reactive ketones (excluding diaryl/α,β-unsaturated/α-hetero) is 1. The summed E-state index contributed by atoms with van der Waals surface area (Å²) in [6, 6.07) is 1.43. The van der Waals surface area contributed by atoms with Gasteiger partial charge in [-0.3, -0.25) is 14.4 Å². The number of carbonyl (C=O) groups excluding carboxylic acids is 3. The lowest BCUT2D eigenvalue weighted by atomic mass is 9.97. The summed E-state index contributed by atoms with van der Waals surface area (Å²) in [4.78, 5) is 41.7. The van der Waals surface area contributed by atoms with Crippen LogP contribution in [-0.4, -0.2) is 45.9 Å². The average molecular weight is 477 g/mol. The van der Waals surface area contributed by atoms with Crippen LogP contribution < -0.4 is 10.6 Å². The number of anilines is 1. The van der Waals surface area contributed by atoms with Crippen LogP contribution in [0.2, 0.25) is 0 Å².